The number of aliphatic hydroxyl groups is 1. The molecule has 0 bridgehead atoms. The molecule has 0 aromatic heterocycles. The van der Waals surface area contributed by atoms with Gasteiger partial charge in [-0.1, -0.05) is 26.0 Å². The minimum absolute atomic E-state index is 0.0198. The first kappa shape index (κ1) is 29.3. The predicted molar refractivity (Wildman–Crippen MR) is 124 cm³/mol. The summed E-state index contributed by atoms with van der Waals surface area (Å²) in [5.74, 6) is -4.80. The Morgan fingerprint density at radius 2 is 1.40 bits per heavy atom. The number of carboxylic acid groups (broad SMARTS) is 1. The van der Waals surface area contributed by atoms with E-state index in [1.807, 2.05) is 0 Å². The van der Waals surface area contributed by atoms with Crippen molar-refractivity contribution in [2.75, 3.05) is 6.61 Å². The van der Waals surface area contributed by atoms with Crippen LogP contribution in [0.2, 0.25) is 0 Å². The lowest BCUT2D eigenvalue weighted by Gasteiger charge is -2.24. The van der Waals surface area contributed by atoms with Gasteiger partial charge in [0.1, 0.15) is 23.9 Å². The highest BCUT2D eigenvalue weighted by molar-refractivity contribution is 5.95. The van der Waals surface area contributed by atoms with E-state index in [-0.39, 0.29) is 24.5 Å². The van der Waals surface area contributed by atoms with Crippen LogP contribution in [0.15, 0.2) is 24.3 Å². The number of primary amides is 1. The zero-order valence-electron chi connectivity index (χ0n) is 19.6. The molecule has 4 amide bonds. The average molecular weight is 496 g/mol. The second-order valence-electron chi connectivity index (χ2n) is 8.48. The highest BCUT2D eigenvalue weighted by Crippen LogP contribution is 2.12. The Morgan fingerprint density at radius 3 is 1.89 bits per heavy atom. The van der Waals surface area contributed by atoms with Crippen molar-refractivity contribution >= 4 is 29.6 Å². The van der Waals surface area contributed by atoms with Gasteiger partial charge < -0.3 is 42.7 Å². The number of aromatic hydroxyl groups is 1. The van der Waals surface area contributed by atoms with Crippen molar-refractivity contribution in [2.45, 2.75) is 57.3 Å². The number of hydrogen-bond donors (Lipinski definition) is 8. The van der Waals surface area contributed by atoms with Crippen LogP contribution in [-0.2, 0) is 30.4 Å². The van der Waals surface area contributed by atoms with Crippen molar-refractivity contribution in [2.24, 2.45) is 17.4 Å². The smallest absolute Gasteiger partial charge is 0.326 e. The Morgan fingerprint density at radius 1 is 0.886 bits per heavy atom. The van der Waals surface area contributed by atoms with Crippen LogP contribution in [0.3, 0.4) is 0 Å². The maximum atomic E-state index is 13.0. The standard InChI is InChI=1S/C22H33N5O8/c1-11(2)7-16(22(34)35)26-21(33)17(10-28)27-20(32)15(8-12-3-5-13(29)6-4-12)25-19(31)14(23)9-18(24)30/h3-6,11,14-17,28-29H,7-10,23H2,1-2H3,(H2,24,30)(H,25,31)(H,26,33)(H,27,32)(H,34,35). The van der Waals surface area contributed by atoms with Crippen LogP contribution in [0.25, 0.3) is 0 Å². The minimum Gasteiger partial charge on any atom is -0.508 e. The van der Waals surface area contributed by atoms with Gasteiger partial charge in [-0.25, -0.2) is 4.79 Å². The molecule has 0 radical (unpaired) electrons. The Hall–Kier alpha value is -3.71. The van der Waals surface area contributed by atoms with Gasteiger partial charge in [0.05, 0.1) is 19.1 Å². The highest BCUT2D eigenvalue weighted by Gasteiger charge is 2.30. The Kier molecular flexibility index (Phi) is 11.6. The fraction of sp³-hybridized carbons (Fsp3) is 0.500. The number of amides is 4. The number of hydrogen-bond acceptors (Lipinski definition) is 8. The second-order valence-corrected chi connectivity index (χ2v) is 8.48. The molecule has 4 unspecified atom stereocenters. The molecule has 13 nitrogen and oxygen atoms in total. The highest BCUT2D eigenvalue weighted by atomic mass is 16.4. The van der Waals surface area contributed by atoms with E-state index in [1.54, 1.807) is 13.8 Å². The van der Waals surface area contributed by atoms with Crippen molar-refractivity contribution in [3.05, 3.63) is 29.8 Å². The normalized spacial score (nSPS) is 14.3. The predicted octanol–water partition coefficient (Wildman–Crippen LogP) is -2.29. The maximum absolute atomic E-state index is 13.0. The van der Waals surface area contributed by atoms with E-state index in [0.717, 1.165) is 0 Å². The van der Waals surface area contributed by atoms with Gasteiger partial charge in [0.15, 0.2) is 0 Å². The number of nitrogens with one attached hydrogen (secondary N) is 3. The molecule has 35 heavy (non-hydrogen) atoms. The maximum Gasteiger partial charge on any atom is 0.326 e. The molecule has 0 saturated heterocycles. The van der Waals surface area contributed by atoms with E-state index in [0.29, 0.717) is 5.56 Å². The molecule has 0 aliphatic carbocycles. The van der Waals surface area contributed by atoms with Gasteiger partial charge in [-0.15, -0.1) is 0 Å². The zero-order valence-corrected chi connectivity index (χ0v) is 19.6. The van der Waals surface area contributed by atoms with Crippen LogP contribution in [0.5, 0.6) is 5.75 Å². The SMILES string of the molecule is CC(C)CC(NC(=O)C(CO)NC(=O)C(Cc1ccc(O)cc1)NC(=O)C(N)CC(N)=O)C(=O)O. The van der Waals surface area contributed by atoms with E-state index in [2.05, 4.69) is 16.0 Å². The second kappa shape index (κ2) is 13.9. The number of carbonyl (C=O) groups is 5. The van der Waals surface area contributed by atoms with Crippen LogP contribution in [0.1, 0.15) is 32.3 Å². The van der Waals surface area contributed by atoms with Crippen LogP contribution in [0.4, 0.5) is 0 Å². The topological polar surface area (TPSA) is 234 Å². The fourth-order valence-corrected chi connectivity index (χ4v) is 3.10. The lowest BCUT2D eigenvalue weighted by molar-refractivity contribution is -0.143. The van der Waals surface area contributed by atoms with E-state index in [9.17, 15) is 39.3 Å². The summed E-state index contributed by atoms with van der Waals surface area (Å²) in [6.45, 7) is 2.70. The number of rotatable bonds is 14. The molecule has 0 heterocycles. The molecule has 1 aromatic carbocycles. The number of carboxylic acids is 1. The quantitative estimate of drug-likeness (QED) is 0.138. The molecule has 0 aliphatic heterocycles. The molecule has 194 valence electrons. The van der Waals surface area contributed by atoms with Crippen LogP contribution in [-0.4, -0.2) is 75.7 Å². The van der Waals surface area contributed by atoms with Crippen LogP contribution in [0, 0.1) is 5.92 Å². The first-order valence-corrected chi connectivity index (χ1v) is 10.9. The number of benzene rings is 1. The summed E-state index contributed by atoms with van der Waals surface area (Å²) in [6.07, 6.45) is -0.427. The van der Waals surface area contributed by atoms with E-state index >= 15 is 0 Å². The summed E-state index contributed by atoms with van der Waals surface area (Å²) in [6, 6.07) is 0.397. The molecule has 10 N–H and O–H groups in total. The number of aliphatic carboxylic acids is 1. The number of nitrogens with two attached hydrogens (primary N) is 2. The van der Waals surface area contributed by atoms with Gasteiger partial charge in [-0.05, 0) is 30.0 Å². The summed E-state index contributed by atoms with van der Waals surface area (Å²) in [4.78, 5) is 60.4. The third-order valence-electron chi connectivity index (χ3n) is 4.90. The largest absolute Gasteiger partial charge is 0.508 e. The van der Waals surface area contributed by atoms with Crippen molar-refractivity contribution in [1.29, 1.82) is 0 Å². The van der Waals surface area contributed by atoms with Gasteiger partial charge in [0, 0.05) is 6.42 Å². The number of carbonyl (C=O) groups excluding carboxylic acids is 4. The van der Waals surface area contributed by atoms with Crippen molar-refractivity contribution in [3.8, 4) is 5.75 Å². The summed E-state index contributed by atoms with van der Waals surface area (Å²) in [7, 11) is 0. The van der Waals surface area contributed by atoms with Crippen molar-refractivity contribution in [3.63, 3.8) is 0 Å². The summed E-state index contributed by atoms with van der Waals surface area (Å²) >= 11 is 0. The van der Waals surface area contributed by atoms with Gasteiger partial charge in [-0.3, -0.25) is 19.2 Å². The van der Waals surface area contributed by atoms with Gasteiger partial charge in [0.2, 0.25) is 23.6 Å². The molecular weight excluding hydrogens is 462 g/mol. The molecule has 0 saturated carbocycles. The van der Waals surface area contributed by atoms with E-state index in [1.165, 1.54) is 24.3 Å². The third-order valence-corrected chi connectivity index (χ3v) is 4.90. The Balaban J connectivity index is 3.02. The van der Waals surface area contributed by atoms with Gasteiger partial charge in [0.25, 0.3) is 0 Å². The summed E-state index contributed by atoms with van der Waals surface area (Å²) in [5.41, 5.74) is 11.2. The lowest BCUT2D eigenvalue weighted by atomic mass is 10.0. The first-order valence-electron chi connectivity index (χ1n) is 10.9. The molecule has 1 aromatic rings. The molecule has 4 atom stereocenters. The lowest BCUT2D eigenvalue weighted by Crippen LogP contribution is -2.58. The monoisotopic (exact) mass is 495 g/mol. The van der Waals surface area contributed by atoms with Gasteiger partial charge in [-0.2, -0.15) is 0 Å². The van der Waals surface area contributed by atoms with Crippen molar-refractivity contribution < 1.29 is 39.3 Å². The molecule has 0 fully saturated rings. The van der Waals surface area contributed by atoms with Crippen molar-refractivity contribution in [1.82, 2.24) is 16.0 Å². The molecular formula is C22H33N5O8. The fourth-order valence-electron chi connectivity index (χ4n) is 3.10. The third kappa shape index (κ3) is 10.4. The van der Waals surface area contributed by atoms with Crippen LogP contribution < -0.4 is 27.4 Å². The van der Waals surface area contributed by atoms with E-state index in [4.69, 9.17) is 11.5 Å². The molecule has 0 aliphatic rings. The number of phenolic OH excluding ortho intramolecular Hbond substituents is 1. The first-order chi connectivity index (χ1) is 16.3. The summed E-state index contributed by atoms with van der Waals surface area (Å²) in [5, 5.41) is 35.4. The molecule has 13 heteroatoms. The molecule has 1 rings (SSSR count). The number of phenols is 1. The minimum atomic E-state index is -1.50. The average Bonchev–Trinajstić information content (AvgIpc) is 2.76. The van der Waals surface area contributed by atoms with Gasteiger partial charge >= 0.3 is 5.97 Å². The Bertz CT molecular complexity index is 906. The Labute approximate surface area is 202 Å². The van der Waals surface area contributed by atoms with Crippen LogP contribution >= 0.6 is 0 Å². The summed E-state index contributed by atoms with van der Waals surface area (Å²) < 4.78 is 0. The number of aliphatic hydroxyl groups excluding tert-OH is 1. The molecule has 0 spiro atoms. The zero-order chi connectivity index (χ0) is 26.7. The van der Waals surface area contributed by atoms with E-state index < -0.39 is 66.8 Å².